The molecule has 4 heteroatoms. The quantitative estimate of drug-likeness (QED) is 0.615. The molecule has 0 atom stereocenters. The van der Waals surface area contributed by atoms with Gasteiger partial charge in [0, 0.05) is 31.3 Å². The molecule has 0 N–H and O–H groups in total. The Kier molecular flexibility index (Phi) is 6.77. The highest BCUT2D eigenvalue weighted by molar-refractivity contribution is 6.18. The van der Waals surface area contributed by atoms with Crippen molar-refractivity contribution >= 4 is 29.1 Å². The lowest BCUT2D eigenvalue weighted by Crippen LogP contribution is -2.33. The minimum Gasteiger partial charge on any atom is -0.340 e. The first-order valence-electron chi connectivity index (χ1n) is 3.66. The van der Waals surface area contributed by atoms with E-state index in [-0.39, 0.29) is 5.91 Å². The fourth-order valence-electron chi connectivity index (χ4n) is 0.789. The maximum atomic E-state index is 11.1. The van der Waals surface area contributed by atoms with Crippen LogP contribution in [0.1, 0.15) is 13.3 Å². The first-order chi connectivity index (χ1) is 5.26. The third kappa shape index (κ3) is 4.49. The van der Waals surface area contributed by atoms with Gasteiger partial charge in [-0.15, -0.1) is 23.2 Å². The summed E-state index contributed by atoms with van der Waals surface area (Å²) in [5.41, 5.74) is 0. The molecule has 0 radical (unpaired) electrons. The van der Waals surface area contributed by atoms with Crippen molar-refractivity contribution in [1.29, 1.82) is 0 Å². The summed E-state index contributed by atoms with van der Waals surface area (Å²) in [7, 11) is 0. The van der Waals surface area contributed by atoms with Crippen LogP contribution in [0.2, 0.25) is 0 Å². The Morgan fingerprint density at radius 1 is 1.27 bits per heavy atom. The normalized spacial score (nSPS) is 9.73. The fourth-order valence-corrected chi connectivity index (χ4v) is 1.20. The number of halogens is 2. The number of amides is 1. The Morgan fingerprint density at radius 2 is 1.73 bits per heavy atom. The molecule has 0 aliphatic heterocycles. The summed E-state index contributed by atoms with van der Waals surface area (Å²) in [6.45, 7) is 3.03. The Bertz CT molecular complexity index is 113. The van der Waals surface area contributed by atoms with Crippen LogP contribution in [-0.2, 0) is 4.79 Å². The molecular weight excluding hydrogens is 185 g/mol. The number of hydrogen-bond donors (Lipinski definition) is 0. The lowest BCUT2D eigenvalue weighted by molar-refractivity contribution is -0.130. The largest absolute Gasteiger partial charge is 0.340 e. The minimum absolute atomic E-state index is 0.117. The van der Waals surface area contributed by atoms with Crippen LogP contribution in [0.25, 0.3) is 0 Å². The van der Waals surface area contributed by atoms with E-state index in [1.807, 2.05) is 6.92 Å². The van der Waals surface area contributed by atoms with Crippen molar-refractivity contribution in [2.75, 3.05) is 24.8 Å². The summed E-state index contributed by atoms with van der Waals surface area (Å²) < 4.78 is 0. The van der Waals surface area contributed by atoms with Crippen molar-refractivity contribution in [3.63, 3.8) is 0 Å². The van der Waals surface area contributed by atoms with Crippen molar-refractivity contribution in [2.24, 2.45) is 0 Å². The van der Waals surface area contributed by atoms with Gasteiger partial charge in [-0.05, 0) is 0 Å². The van der Waals surface area contributed by atoms with Gasteiger partial charge in [0.25, 0.3) is 0 Å². The number of carbonyl (C=O) groups excluding carboxylic acids is 1. The topological polar surface area (TPSA) is 20.3 Å². The van der Waals surface area contributed by atoms with E-state index in [1.54, 1.807) is 4.90 Å². The summed E-state index contributed by atoms with van der Waals surface area (Å²) >= 11 is 11.0. The van der Waals surface area contributed by atoms with Crippen LogP contribution in [-0.4, -0.2) is 35.7 Å². The summed E-state index contributed by atoms with van der Waals surface area (Å²) in [5, 5.41) is 0. The van der Waals surface area contributed by atoms with E-state index in [4.69, 9.17) is 23.2 Å². The predicted octanol–water partition coefficient (Wildman–Crippen LogP) is 1.70. The maximum absolute atomic E-state index is 11.1. The van der Waals surface area contributed by atoms with Gasteiger partial charge in [0.15, 0.2) is 0 Å². The zero-order valence-electron chi connectivity index (χ0n) is 6.65. The van der Waals surface area contributed by atoms with Gasteiger partial charge in [-0.1, -0.05) is 6.92 Å². The molecule has 0 rings (SSSR count). The van der Waals surface area contributed by atoms with Crippen LogP contribution < -0.4 is 0 Å². The number of nitrogens with zero attached hydrogens (tertiary/aromatic N) is 1. The van der Waals surface area contributed by atoms with Crippen molar-refractivity contribution in [1.82, 2.24) is 4.90 Å². The van der Waals surface area contributed by atoms with Gasteiger partial charge in [0.1, 0.15) is 0 Å². The van der Waals surface area contributed by atoms with Crippen molar-refractivity contribution < 1.29 is 4.79 Å². The standard InChI is InChI=1S/C7H13Cl2NO/c1-2-7(11)10(5-3-8)6-4-9/h2-6H2,1H3. The van der Waals surface area contributed by atoms with Gasteiger partial charge in [0.2, 0.25) is 5.91 Å². The SMILES string of the molecule is CCC(=O)N(CCCl)CCCl. The van der Waals surface area contributed by atoms with Crippen LogP contribution in [0, 0.1) is 0 Å². The molecule has 0 aromatic carbocycles. The van der Waals surface area contributed by atoms with E-state index in [0.29, 0.717) is 31.3 Å². The highest BCUT2D eigenvalue weighted by Crippen LogP contribution is 1.95. The van der Waals surface area contributed by atoms with E-state index in [9.17, 15) is 4.79 Å². The molecule has 0 aliphatic carbocycles. The van der Waals surface area contributed by atoms with Crippen molar-refractivity contribution in [3.05, 3.63) is 0 Å². The van der Waals surface area contributed by atoms with E-state index in [0.717, 1.165) is 0 Å². The Balaban J connectivity index is 3.76. The van der Waals surface area contributed by atoms with Crippen LogP contribution in [0.4, 0.5) is 0 Å². The van der Waals surface area contributed by atoms with Gasteiger partial charge >= 0.3 is 0 Å². The molecule has 11 heavy (non-hydrogen) atoms. The summed E-state index contributed by atoms with van der Waals surface area (Å²) in [5.74, 6) is 1.07. The van der Waals surface area contributed by atoms with Gasteiger partial charge in [0.05, 0.1) is 0 Å². The molecule has 0 aromatic rings. The van der Waals surface area contributed by atoms with Crippen LogP contribution in [0.5, 0.6) is 0 Å². The van der Waals surface area contributed by atoms with E-state index < -0.39 is 0 Å². The molecule has 1 amide bonds. The Morgan fingerprint density at radius 3 is 2.00 bits per heavy atom. The average molecular weight is 198 g/mol. The number of alkyl halides is 2. The summed E-state index contributed by atoms with van der Waals surface area (Å²) in [4.78, 5) is 12.8. The average Bonchev–Trinajstić information content (AvgIpc) is 2.03. The molecule has 0 heterocycles. The molecular formula is C7H13Cl2NO. The second-order valence-electron chi connectivity index (χ2n) is 2.11. The third-order valence-electron chi connectivity index (χ3n) is 1.36. The van der Waals surface area contributed by atoms with Gasteiger partial charge < -0.3 is 4.90 Å². The Labute approximate surface area is 77.5 Å². The molecule has 0 saturated carbocycles. The lowest BCUT2D eigenvalue weighted by atomic mass is 10.4. The molecule has 0 bridgehead atoms. The van der Waals surface area contributed by atoms with Crippen LogP contribution in [0.3, 0.4) is 0 Å². The molecule has 0 aromatic heterocycles. The minimum atomic E-state index is 0.117. The lowest BCUT2D eigenvalue weighted by Gasteiger charge is -2.19. The molecule has 0 spiro atoms. The van der Waals surface area contributed by atoms with E-state index in [2.05, 4.69) is 0 Å². The van der Waals surface area contributed by atoms with E-state index in [1.165, 1.54) is 0 Å². The Hall–Kier alpha value is 0.0500. The fraction of sp³-hybridized carbons (Fsp3) is 0.857. The molecule has 0 saturated heterocycles. The first kappa shape index (κ1) is 11.1. The molecule has 66 valence electrons. The summed E-state index contributed by atoms with van der Waals surface area (Å²) in [6, 6.07) is 0. The second kappa shape index (κ2) is 6.74. The number of rotatable bonds is 5. The smallest absolute Gasteiger partial charge is 0.222 e. The first-order valence-corrected chi connectivity index (χ1v) is 4.72. The van der Waals surface area contributed by atoms with Crippen LogP contribution in [0.15, 0.2) is 0 Å². The van der Waals surface area contributed by atoms with Gasteiger partial charge in [-0.2, -0.15) is 0 Å². The summed E-state index contributed by atoms with van der Waals surface area (Å²) in [6.07, 6.45) is 0.522. The maximum Gasteiger partial charge on any atom is 0.222 e. The molecule has 0 aliphatic rings. The highest BCUT2D eigenvalue weighted by atomic mass is 35.5. The van der Waals surface area contributed by atoms with E-state index >= 15 is 0 Å². The van der Waals surface area contributed by atoms with Gasteiger partial charge in [-0.25, -0.2) is 0 Å². The van der Waals surface area contributed by atoms with Crippen molar-refractivity contribution in [2.45, 2.75) is 13.3 Å². The molecule has 2 nitrogen and oxygen atoms in total. The predicted molar refractivity (Wildman–Crippen MR) is 48.3 cm³/mol. The molecule has 0 fully saturated rings. The third-order valence-corrected chi connectivity index (χ3v) is 1.70. The van der Waals surface area contributed by atoms with Gasteiger partial charge in [-0.3, -0.25) is 4.79 Å². The van der Waals surface area contributed by atoms with Crippen molar-refractivity contribution in [3.8, 4) is 0 Å². The number of hydrogen-bond acceptors (Lipinski definition) is 1. The zero-order valence-corrected chi connectivity index (χ0v) is 8.16. The van der Waals surface area contributed by atoms with Crippen LogP contribution >= 0.6 is 23.2 Å². The molecule has 0 unspecified atom stereocenters. The second-order valence-corrected chi connectivity index (χ2v) is 2.87. The highest BCUT2D eigenvalue weighted by Gasteiger charge is 2.08. The zero-order chi connectivity index (χ0) is 8.69. The monoisotopic (exact) mass is 197 g/mol. The number of carbonyl (C=O) groups is 1.